The maximum Gasteiger partial charge on any atom is 0.411 e. The lowest BCUT2D eigenvalue weighted by Crippen LogP contribution is -2.57. The number of esters is 1. The van der Waals surface area contributed by atoms with Crippen molar-refractivity contribution in [1.29, 1.82) is 0 Å². The van der Waals surface area contributed by atoms with Gasteiger partial charge in [-0.05, 0) is 35.4 Å². The first-order valence-corrected chi connectivity index (χ1v) is 11.9. The Morgan fingerprint density at radius 1 is 1.03 bits per heavy atom. The fourth-order valence-corrected chi connectivity index (χ4v) is 4.84. The second-order valence-corrected chi connectivity index (χ2v) is 9.06. The number of hydrogen-bond acceptors (Lipinski definition) is 6. The molecular weight excluding hydrogens is 448 g/mol. The molecule has 0 aromatic heterocycles. The number of hydrogen-bond donors (Lipinski definition) is 1. The molecule has 0 saturated heterocycles. The summed E-state index contributed by atoms with van der Waals surface area (Å²) in [6.07, 6.45) is 1.70. The molecule has 2 aliphatic rings. The predicted molar refractivity (Wildman–Crippen MR) is 127 cm³/mol. The molecule has 0 radical (unpaired) electrons. The first-order chi connectivity index (χ1) is 17.0. The number of ketones is 1. The molecule has 1 N–H and O–H groups in total. The molecule has 8 heteroatoms. The van der Waals surface area contributed by atoms with E-state index in [1.54, 1.807) is 0 Å². The van der Waals surface area contributed by atoms with E-state index >= 15 is 0 Å². The van der Waals surface area contributed by atoms with Gasteiger partial charge in [-0.25, -0.2) is 9.59 Å². The third-order valence-corrected chi connectivity index (χ3v) is 6.74. The summed E-state index contributed by atoms with van der Waals surface area (Å²) in [5.74, 6) is -1.32. The lowest BCUT2D eigenvalue weighted by molar-refractivity contribution is -0.148. The fraction of sp³-hybridized carbons (Fsp3) is 0.407. The number of benzene rings is 2. The van der Waals surface area contributed by atoms with Gasteiger partial charge in [0.05, 0.1) is 13.7 Å². The van der Waals surface area contributed by atoms with Crippen molar-refractivity contribution in [2.45, 2.75) is 57.3 Å². The molecule has 1 saturated carbocycles. The Kier molecular flexibility index (Phi) is 7.80. The van der Waals surface area contributed by atoms with Gasteiger partial charge in [0, 0.05) is 19.3 Å². The number of Topliss-reactive ketones (excluding diaryl/α,β-unsaturated/α-hetero) is 1. The molecular formula is C27H30N2O6. The second kappa shape index (κ2) is 11.2. The average molecular weight is 479 g/mol. The summed E-state index contributed by atoms with van der Waals surface area (Å²) in [5, 5.41) is 2.80. The number of nitrogens with zero attached hydrogens (tertiary/aromatic N) is 1. The van der Waals surface area contributed by atoms with Gasteiger partial charge in [-0.2, -0.15) is 0 Å². The molecule has 184 valence electrons. The molecule has 1 heterocycles. The SMILES string of the molecule is COC(=O)[C@H](NC(=O)[C@@H]1Cc2ccccc2CN1C(=O)OCc1ccccc1)[C@H]1CCCC(=O)C1. The quantitative estimate of drug-likeness (QED) is 0.640. The standard InChI is InChI=1S/C27H30N2O6/c1-34-26(32)24(20-12-7-13-22(30)14-20)28-25(31)23-15-19-10-5-6-11-21(19)16-29(23)27(33)35-17-18-8-3-2-4-9-18/h2-6,8-11,20,23-24H,7,12-17H2,1H3,(H,28,31)/t20-,23-,24+/m0/s1. The van der Waals surface area contributed by atoms with Crippen molar-refractivity contribution in [3.63, 3.8) is 0 Å². The summed E-state index contributed by atoms with van der Waals surface area (Å²) in [6.45, 7) is 0.299. The van der Waals surface area contributed by atoms with Crippen molar-refractivity contribution >= 4 is 23.8 Å². The van der Waals surface area contributed by atoms with Crippen molar-refractivity contribution in [3.05, 3.63) is 71.3 Å². The highest BCUT2D eigenvalue weighted by Crippen LogP contribution is 2.27. The molecule has 3 atom stereocenters. The van der Waals surface area contributed by atoms with Crippen molar-refractivity contribution in [2.24, 2.45) is 5.92 Å². The van der Waals surface area contributed by atoms with Crippen LogP contribution in [0.3, 0.4) is 0 Å². The molecule has 1 fully saturated rings. The summed E-state index contributed by atoms with van der Waals surface area (Å²) in [4.78, 5) is 52.6. The molecule has 0 spiro atoms. The Labute approximate surface area is 204 Å². The van der Waals surface area contributed by atoms with Crippen LogP contribution in [-0.2, 0) is 43.4 Å². The second-order valence-electron chi connectivity index (χ2n) is 9.06. The number of ether oxygens (including phenoxy) is 2. The summed E-state index contributed by atoms with van der Waals surface area (Å²) >= 11 is 0. The van der Waals surface area contributed by atoms with Gasteiger partial charge >= 0.3 is 12.1 Å². The van der Waals surface area contributed by atoms with Crippen LogP contribution in [0, 0.1) is 5.92 Å². The van der Waals surface area contributed by atoms with Crippen LogP contribution in [0.1, 0.15) is 42.4 Å². The maximum absolute atomic E-state index is 13.5. The molecule has 1 aliphatic carbocycles. The lowest BCUT2D eigenvalue weighted by Gasteiger charge is -2.36. The van der Waals surface area contributed by atoms with Crippen LogP contribution in [0.25, 0.3) is 0 Å². The molecule has 1 aliphatic heterocycles. The van der Waals surface area contributed by atoms with E-state index in [-0.39, 0.29) is 31.3 Å². The van der Waals surface area contributed by atoms with E-state index in [2.05, 4.69) is 5.32 Å². The first kappa shape index (κ1) is 24.4. The van der Waals surface area contributed by atoms with Crippen LogP contribution in [0.15, 0.2) is 54.6 Å². The predicted octanol–water partition coefficient (Wildman–Crippen LogP) is 3.17. The van der Waals surface area contributed by atoms with E-state index in [0.717, 1.165) is 16.7 Å². The summed E-state index contributed by atoms with van der Waals surface area (Å²) in [5.41, 5.74) is 2.74. The zero-order valence-electron chi connectivity index (χ0n) is 19.8. The van der Waals surface area contributed by atoms with Crippen LogP contribution in [0.4, 0.5) is 4.79 Å². The van der Waals surface area contributed by atoms with Crippen LogP contribution in [0.2, 0.25) is 0 Å². The minimum atomic E-state index is -0.948. The molecule has 35 heavy (non-hydrogen) atoms. The number of carbonyl (C=O) groups is 4. The molecule has 4 rings (SSSR count). The maximum atomic E-state index is 13.5. The highest BCUT2D eigenvalue weighted by atomic mass is 16.6. The topological polar surface area (TPSA) is 102 Å². The Morgan fingerprint density at radius 2 is 1.74 bits per heavy atom. The van der Waals surface area contributed by atoms with Crippen LogP contribution in [0.5, 0.6) is 0 Å². The molecule has 2 aromatic rings. The third kappa shape index (κ3) is 5.88. The number of nitrogens with one attached hydrogen (secondary N) is 1. The van der Waals surface area contributed by atoms with Gasteiger partial charge in [-0.15, -0.1) is 0 Å². The lowest BCUT2D eigenvalue weighted by atomic mass is 9.83. The normalized spacial score (nSPS) is 20.4. The summed E-state index contributed by atoms with van der Waals surface area (Å²) in [6, 6.07) is 15.1. The Bertz CT molecular complexity index is 1090. The zero-order valence-corrected chi connectivity index (χ0v) is 19.8. The number of amides is 2. The van der Waals surface area contributed by atoms with Gasteiger partial charge in [0.1, 0.15) is 24.5 Å². The Balaban J connectivity index is 1.53. The van der Waals surface area contributed by atoms with E-state index in [4.69, 9.17) is 9.47 Å². The number of rotatable bonds is 6. The number of methoxy groups -OCH3 is 1. The fourth-order valence-electron chi connectivity index (χ4n) is 4.84. The molecule has 0 bridgehead atoms. The van der Waals surface area contributed by atoms with Crippen LogP contribution < -0.4 is 5.32 Å². The van der Waals surface area contributed by atoms with Crippen molar-refractivity contribution in [2.75, 3.05) is 7.11 Å². The van der Waals surface area contributed by atoms with E-state index < -0.39 is 30.1 Å². The monoisotopic (exact) mass is 478 g/mol. The van der Waals surface area contributed by atoms with Crippen LogP contribution in [-0.4, -0.2) is 47.8 Å². The molecule has 0 unspecified atom stereocenters. The van der Waals surface area contributed by atoms with Gasteiger partial charge in [0.2, 0.25) is 5.91 Å². The highest BCUT2D eigenvalue weighted by Gasteiger charge is 2.40. The van der Waals surface area contributed by atoms with Gasteiger partial charge in [0.15, 0.2) is 0 Å². The van der Waals surface area contributed by atoms with Crippen molar-refractivity contribution in [3.8, 4) is 0 Å². The van der Waals surface area contributed by atoms with E-state index in [1.165, 1.54) is 12.0 Å². The van der Waals surface area contributed by atoms with E-state index in [9.17, 15) is 19.2 Å². The van der Waals surface area contributed by atoms with Gasteiger partial charge in [0.25, 0.3) is 0 Å². The largest absolute Gasteiger partial charge is 0.467 e. The van der Waals surface area contributed by atoms with Crippen LogP contribution >= 0.6 is 0 Å². The van der Waals surface area contributed by atoms with Crippen molar-refractivity contribution < 1.29 is 28.7 Å². The van der Waals surface area contributed by atoms with E-state index in [1.807, 2.05) is 54.6 Å². The third-order valence-electron chi connectivity index (χ3n) is 6.74. The average Bonchev–Trinajstić information content (AvgIpc) is 2.89. The minimum Gasteiger partial charge on any atom is -0.467 e. The minimum absolute atomic E-state index is 0.0714. The Morgan fingerprint density at radius 3 is 2.46 bits per heavy atom. The zero-order chi connectivity index (χ0) is 24.8. The molecule has 2 amide bonds. The van der Waals surface area contributed by atoms with Gasteiger partial charge in [-0.1, -0.05) is 54.6 Å². The van der Waals surface area contributed by atoms with Crippen molar-refractivity contribution in [1.82, 2.24) is 10.2 Å². The molecule has 8 nitrogen and oxygen atoms in total. The van der Waals surface area contributed by atoms with E-state index in [0.29, 0.717) is 25.7 Å². The summed E-state index contributed by atoms with van der Waals surface area (Å²) in [7, 11) is 1.26. The Hall–Kier alpha value is -3.68. The van der Waals surface area contributed by atoms with Gasteiger partial charge in [-0.3, -0.25) is 14.5 Å². The van der Waals surface area contributed by atoms with Gasteiger partial charge < -0.3 is 14.8 Å². The smallest absolute Gasteiger partial charge is 0.411 e. The first-order valence-electron chi connectivity index (χ1n) is 11.9. The summed E-state index contributed by atoms with van der Waals surface area (Å²) < 4.78 is 10.5. The molecule has 2 aromatic carbocycles. The highest BCUT2D eigenvalue weighted by molar-refractivity contribution is 5.91. The number of carbonyl (C=O) groups excluding carboxylic acids is 4. The number of fused-ring (bicyclic) bond motifs is 1.